The molecule has 1 N–H and O–H groups in total. The summed E-state index contributed by atoms with van der Waals surface area (Å²) in [6.07, 6.45) is 4.40. The zero-order valence-electron chi connectivity index (χ0n) is 16.1. The average molecular weight is 383 g/mol. The number of nitrogens with one attached hydrogen (secondary N) is 1. The lowest BCUT2D eigenvalue weighted by Gasteiger charge is -2.24. The molecule has 6 nitrogen and oxygen atoms in total. The van der Waals surface area contributed by atoms with Crippen LogP contribution in [-0.2, 0) is 22.4 Å². The molecular weight excluding hydrogens is 358 g/mol. The predicted octanol–water partition coefficient (Wildman–Crippen LogP) is 3.93. The van der Waals surface area contributed by atoms with Crippen LogP contribution < -0.4 is 14.8 Å². The molecule has 0 saturated heterocycles. The zero-order valence-corrected chi connectivity index (χ0v) is 16.1. The third-order valence-electron chi connectivity index (χ3n) is 4.70. The summed E-state index contributed by atoms with van der Waals surface area (Å²) in [4.78, 5) is 23.4. The van der Waals surface area contributed by atoms with E-state index in [4.69, 9.17) is 14.2 Å². The first kappa shape index (κ1) is 19.7. The molecule has 0 aliphatic heterocycles. The number of esters is 1. The van der Waals surface area contributed by atoms with Crippen molar-refractivity contribution in [2.45, 2.75) is 32.6 Å². The van der Waals surface area contributed by atoms with Crippen LogP contribution in [0.3, 0.4) is 0 Å². The molecule has 0 heterocycles. The Morgan fingerprint density at radius 1 is 1.11 bits per heavy atom. The first-order valence-corrected chi connectivity index (χ1v) is 9.59. The second-order valence-corrected chi connectivity index (χ2v) is 6.49. The maximum atomic E-state index is 12.3. The van der Waals surface area contributed by atoms with E-state index in [0.717, 1.165) is 59.4 Å². The van der Waals surface area contributed by atoms with Crippen molar-refractivity contribution in [2.75, 3.05) is 19.8 Å². The van der Waals surface area contributed by atoms with Gasteiger partial charge in [-0.25, -0.2) is 9.59 Å². The molecule has 2 aromatic carbocycles. The topological polar surface area (TPSA) is 73.9 Å². The monoisotopic (exact) mass is 383 g/mol. The summed E-state index contributed by atoms with van der Waals surface area (Å²) in [5.41, 5.74) is 2.18. The molecule has 1 amide bonds. The van der Waals surface area contributed by atoms with E-state index < -0.39 is 12.1 Å². The molecule has 2 aromatic rings. The van der Waals surface area contributed by atoms with Gasteiger partial charge in [0, 0.05) is 28.0 Å². The molecule has 0 spiro atoms. The maximum absolute atomic E-state index is 12.3. The van der Waals surface area contributed by atoms with Crippen molar-refractivity contribution in [1.29, 1.82) is 0 Å². The van der Waals surface area contributed by atoms with Gasteiger partial charge in [-0.05, 0) is 32.6 Å². The summed E-state index contributed by atoms with van der Waals surface area (Å²) >= 11 is 0. The summed E-state index contributed by atoms with van der Waals surface area (Å²) in [5.74, 6) is 0.966. The Bertz CT molecular complexity index is 890. The highest BCUT2D eigenvalue weighted by Gasteiger charge is 2.24. The number of hydrogen-bond acceptors (Lipinski definition) is 5. The van der Waals surface area contributed by atoms with E-state index in [0.29, 0.717) is 12.4 Å². The van der Waals surface area contributed by atoms with E-state index in [9.17, 15) is 9.59 Å². The first-order valence-electron chi connectivity index (χ1n) is 9.59. The molecule has 1 aliphatic rings. The summed E-state index contributed by atoms with van der Waals surface area (Å²) < 4.78 is 16.6. The molecule has 0 fully saturated rings. The van der Waals surface area contributed by atoms with Gasteiger partial charge in [-0.3, -0.25) is 0 Å². The molecule has 0 atom stereocenters. The van der Waals surface area contributed by atoms with Gasteiger partial charge in [0.25, 0.3) is 0 Å². The van der Waals surface area contributed by atoms with Gasteiger partial charge < -0.3 is 19.5 Å². The number of carbonyl (C=O) groups excluding carboxylic acids is 2. The van der Waals surface area contributed by atoms with Gasteiger partial charge in [-0.15, -0.1) is 0 Å². The quantitative estimate of drug-likeness (QED) is 0.445. The number of ether oxygens (including phenoxy) is 3. The molecule has 1 aliphatic carbocycles. The first-order chi connectivity index (χ1) is 13.7. The van der Waals surface area contributed by atoms with E-state index in [1.54, 1.807) is 0 Å². The highest BCUT2D eigenvalue weighted by atomic mass is 16.6. The van der Waals surface area contributed by atoms with E-state index in [1.807, 2.05) is 31.2 Å². The van der Waals surface area contributed by atoms with E-state index >= 15 is 0 Å². The van der Waals surface area contributed by atoms with Crippen molar-refractivity contribution in [3.05, 3.63) is 48.0 Å². The minimum absolute atomic E-state index is 0.0576. The van der Waals surface area contributed by atoms with Crippen LogP contribution in [-0.4, -0.2) is 31.8 Å². The van der Waals surface area contributed by atoms with Crippen LogP contribution >= 0.6 is 0 Å². The van der Waals surface area contributed by atoms with Gasteiger partial charge in [0.2, 0.25) is 0 Å². The Hall–Kier alpha value is -3.02. The Labute approximate surface area is 164 Å². The van der Waals surface area contributed by atoms with Gasteiger partial charge in [0.15, 0.2) is 0 Å². The Morgan fingerprint density at radius 2 is 1.75 bits per heavy atom. The molecule has 28 heavy (non-hydrogen) atoms. The lowest BCUT2D eigenvalue weighted by molar-refractivity contribution is -0.137. The lowest BCUT2D eigenvalue weighted by atomic mass is 9.87. The standard InChI is InChI=1S/C22H25NO5/c1-3-19(24)27-14-13-23-22(25)28-21-17-11-7-5-9-15(17)20(26-4-2)16-10-6-8-12-18(16)21/h3,5,7,9,11H,1,4,6,8,10,12-14H2,2H3,(H,23,25). The Balaban J connectivity index is 1.86. The van der Waals surface area contributed by atoms with Crippen LogP contribution in [0.5, 0.6) is 11.5 Å². The van der Waals surface area contributed by atoms with Crippen molar-refractivity contribution >= 4 is 22.8 Å². The van der Waals surface area contributed by atoms with Gasteiger partial charge in [-0.2, -0.15) is 0 Å². The molecule has 0 aromatic heterocycles. The number of carbonyl (C=O) groups is 2. The van der Waals surface area contributed by atoms with E-state index in [-0.39, 0.29) is 13.2 Å². The van der Waals surface area contributed by atoms with Gasteiger partial charge in [0.1, 0.15) is 18.1 Å². The molecule has 148 valence electrons. The van der Waals surface area contributed by atoms with Crippen molar-refractivity contribution in [3.8, 4) is 11.5 Å². The number of fused-ring (bicyclic) bond motifs is 2. The largest absolute Gasteiger partial charge is 0.493 e. The van der Waals surface area contributed by atoms with Crippen molar-refractivity contribution in [2.24, 2.45) is 0 Å². The third-order valence-corrected chi connectivity index (χ3v) is 4.70. The third kappa shape index (κ3) is 4.27. The van der Waals surface area contributed by atoms with Gasteiger partial charge in [0.05, 0.1) is 13.2 Å². The van der Waals surface area contributed by atoms with E-state index in [2.05, 4.69) is 11.9 Å². The molecule has 0 saturated carbocycles. The minimum atomic E-state index is -0.572. The average Bonchev–Trinajstić information content (AvgIpc) is 2.73. The second-order valence-electron chi connectivity index (χ2n) is 6.49. The maximum Gasteiger partial charge on any atom is 0.412 e. The highest BCUT2D eigenvalue weighted by molar-refractivity contribution is 5.97. The molecule has 0 unspecified atom stereocenters. The lowest BCUT2D eigenvalue weighted by Crippen LogP contribution is -2.31. The minimum Gasteiger partial charge on any atom is -0.493 e. The summed E-state index contributed by atoms with van der Waals surface area (Å²) in [6, 6.07) is 7.82. The van der Waals surface area contributed by atoms with Gasteiger partial charge >= 0.3 is 12.1 Å². The second kappa shape index (κ2) is 9.26. The SMILES string of the molecule is C=CC(=O)OCCNC(=O)Oc1c2c(c(OCC)c3ccccc13)CCCC2. The Morgan fingerprint density at radius 3 is 2.39 bits per heavy atom. The number of amides is 1. The molecule has 6 heteroatoms. The molecule has 3 rings (SSSR count). The van der Waals surface area contributed by atoms with Crippen molar-refractivity contribution < 1.29 is 23.8 Å². The Kier molecular flexibility index (Phi) is 6.53. The fourth-order valence-electron chi connectivity index (χ4n) is 3.53. The van der Waals surface area contributed by atoms with Gasteiger partial charge in [-0.1, -0.05) is 30.8 Å². The van der Waals surface area contributed by atoms with Crippen molar-refractivity contribution in [1.82, 2.24) is 5.32 Å². The molecular formula is C22H25NO5. The van der Waals surface area contributed by atoms with Crippen LogP contribution in [0.15, 0.2) is 36.9 Å². The number of hydrogen-bond donors (Lipinski definition) is 1. The summed E-state index contributed by atoms with van der Waals surface area (Å²) in [6.45, 7) is 6.10. The number of benzene rings is 2. The van der Waals surface area contributed by atoms with Crippen LogP contribution in [0.2, 0.25) is 0 Å². The smallest absolute Gasteiger partial charge is 0.412 e. The van der Waals surface area contributed by atoms with Crippen LogP contribution in [0.1, 0.15) is 30.9 Å². The van der Waals surface area contributed by atoms with Crippen molar-refractivity contribution in [3.63, 3.8) is 0 Å². The summed E-state index contributed by atoms with van der Waals surface area (Å²) in [5, 5.41) is 4.43. The van der Waals surface area contributed by atoms with Crippen LogP contribution in [0.25, 0.3) is 10.8 Å². The van der Waals surface area contributed by atoms with E-state index in [1.165, 1.54) is 0 Å². The highest BCUT2D eigenvalue weighted by Crippen LogP contribution is 2.44. The number of rotatable bonds is 7. The van der Waals surface area contributed by atoms with Crippen LogP contribution in [0, 0.1) is 0 Å². The fraction of sp³-hybridized carbons (Fsp3) is 0.364. The summed E-state index contributed by atoms with van der Waals surface area (Å²) in [7, 11) is 0. The van der Waals surface area contributed by atoms with Crippen LogP contribution in [0.4, 0.5) is 4.79 Å². The molecule has 0 bridgehead atoms. The fourth-order valence-corrected chi connectivity index (χ4v) is 3.53. The zero-order chi connectivity index (χ0) is 19.9. The predicted molar refractivity (Wildman–Crippen MR) is 107 cm³/mol. The molecule has 0 radical (unpaired) electrons. The normalized spacial score (nSPS) is 12.8.